The van der Waals surface area contributed by atoms with Crippen LogP contribution in [0.2, 0.25) is 0 Å². The second-order valence-corrected chi connectivity index (χ2v) is 6.17. The van der Waals surface area contributed by atoms with Crippen LogP contribution in [0.25, 0.3) is 0 Å². The van der Waals surface area contributed by atoms with Crippen LogP contribution in [0.3, 0.4) is 0 Å². The van der Waals surface area contributed by atoms with E-state index in [0.29, 0.717) is 12.6 Å². The number of nitrogens with one attached hydrogen (secondary N) is 2. The maximum Gasteiger partial charge on any atom is 0.191 e. The van der Waals surface area contributed by atoms with Crippen LogP contribution in [0, 0.1) is 0 Å². The molecule has 1 rings (SSSR count). The summed E-state index contributed by atoms with van der Waals surface area (Å²) in [6.45, 7) is 9.82. The summed E-state index contributed by atoms with van der Waals surface area (Å²) in [6.07, 6.45) is 1.15. The predicted octanol–water partition coefficient (Wildman–Crippen LogP) is 2.05. The van der Waals surface area contributed by atoms with Crippen molar-refractivity contribution in [2.45, 2.75) is 39.2 Å². The highest BCUT2D eigenvalue weighted by atomic mass is 16.3. The third-order valence-electron chi connectivity index (χ3n) is 4.41. The molecule has 0 aliphatic rings. The molecular weight excluding hydrogens is 300 g/mol. The van der Waals surface area contributed by atoms with Crippen molar-refractivity contribution < 1.29 is 5.11 Å². The van der Waals surface area contributed by atoms with Crippen molar-refractivity contribution in [3.05, 3.63) is 35.9 Å². The third-order valence-corrected chi connectivity index (χ3v) is 4.41. The van der Waals surface area contributed by atoms with Crippen LogP contribution in [0.1, 0.15) is 38.7 Å². The molecular formula is C19H34N4O. The van der Waals surface area contributed by atoms with Crippen molar-refractivity contribution in [2.75, 3.05) is 39.8 Å². The quantitative estimate of drug-likeness (QED) is 0.453. The fourth-order valence-electron chi connectivity index (χ4n) is 2.42. The van der Waals surface area contributed by atoms with E-state index in [2.05, 4.69) is 48.3 Å². The molecule has 0 bridgehead atoms. The van der Waals surface area contributed by atoms with Gasteiger partial charge < -0.3 is 20.6 Å². The second kappa shape index (κ2) is 11.9. The van der Waals surface area contributed by atoms with Gasteiger partial charge in [0.25, 0.3) is 0 Å². The fourth-order valence-corrected chi connectivity index (χ4v) is 2.42. The Morgan fingerprint density at radius 1 is 1.21 bits per heavy atom. The first-order chi connectivity index (χ1) is 11.6. The summed E-state index contributed by atoms with van der Waals surface area (Å²) < 4.78 is 0. The highest BCUT2D eigenvalue weighted by Crippen LogP contribution is 2.14. The van der Waals surface area contributed by atoms with Crippen molar-refractivity contribution in [1.82, 2.24) is 15.5 Å². The molecule has 3 N–H and O–H groups in total. The Hall–Kier alpha value is -1.59. The van der Waals surface area contributed by atoms with Crippen molar-refractivity contribution in [3.63, 3.8) is 0 Å². The van der Waals surface area contributed by atoms with Crippen LogP contribution in [0.4, 0.5) is 0 Å². The van der Waals surface area contributed by atoms with E-state index in [1.54, 1.807) is 0 Å². The average molecular weight is 335 g/mol. The van der Waals surface area contributed by atoms with Gasteiger partial charge in [-0.2, -0.15) is 0 Å². The lowest BCUT2D eigenvalue weighted by Crippen LogP contribution is -2.42. The van der Waals surface area contributed by atoms with Gasteiger partial charge in [-0.25, -0.2) is 0 Å². The fraction of sp³-hybridized carbons (Fsp3) is 0.632. The number of likely N-dealkylation sites (N-methyl/N-ethyl adjacent to an activating group) is 1. The monoisotopic (exact) mass is 334 g/mol. The summed E-state index contributed by atoms with van der Waals surface area (Å²) in [4.78, 5) is 6.98. The van der Waals surface area contributed by atoms with Crippen LogP contribution in [0.5, 0.6) is 0 Å². The maximum atomic E-state index is 9.64. The van der Waals surface area contributed by atoms with E-state index in [0.717, 1.165) is 37.6 Å². The third kappa shape index (κ3) is 7.32. The van der Waals surface area contributed by atoms with Gasteiger partial charge in [-0.3, -0.25) is 4.99 Å². The second-order valence-electron chi connectivity index (χ2n) is 6.17. The first-order valence-corrected chi connectivity index (χ1v) is 9.00. The number of aliphatic hydroxyl groups excluding tert-OH is 1. The highest BCUT2D eigenvalue weighted by molar-refractivity contribution is 5.79. The lowest BCUT2D eigenvalue weighted by atomic mass is 10.0. The zero-order valence-corrected chi connectivity index (χ0v) is 15.6. The van der Waals surface area contributed by atoms with Gasteiger partial charge in [0, 0.05) is 31.6 Å². The van der Waals surface area contributed by atoms with E-state index < -0.39 is 0 Å². The van der Waals surface area contributed by atoms with E-state index in [1.807, 2.05) is 30.3 Å². The molecule has 24 heavy (non-hydrogen) atoms. The van der Waals surface area contributed by atoms with Crippen LogP contribution >= 0.6 is 0 Å². The number of aliphatic hydroxyl groups is 1. The van der Waals surface area contributed by atoms with Crippen molar-refractivity contribution >= 4 is 5.96 Å². The summed E-state index contributed by atoms with van der Waals surface area (Å²) in [6, 6.07) is 10.6. The topological polar surface area (TPSA) is 59.9 Å². The van der Waals surface area contributed by atoms with Crippen LogP contribution < -0.4 is 10.6 Å². The number of nitrogens with zero attached hydrogens (tertiary/aromatic N) is 2. The normalized spacial score (nSPS) is 14.5. The van der Waals surface area contributed by atoms with Crippen LogP contribution in [-0.4, -0.2) is 61.8 Å². The summed E-state index contributed by atoms with van der Waals surface area (Å²) in [5.74, 6) is 0.842. The van der Waals surface area contributed by atoms with Crippen LogP contribution in [-0.2, 0) is 0 Å². The molecule has 0 heterocycles. The molecule has 1 aromatic rings. The Kier molecular flexibility index (Phi) is 10.1. The summed E-state index contributed by atoms with van der Waals surface area (Å²) in [7, 11) is 2.15. The Morgan fingerprint density at radius 2 is 1.92 bits per heavy atom. The predicted molar refractivity (Wildman–Crippen MR) is 103 cm³/mol. The zero-order valence-electron chi connectivity index (χ0n) is 15.6. The summed E-state index contributed by atoms with van der Waals surface area (Å²) in [5.41, 5.74) is 1.12. The maximum absolute atomic E-state index is 9.64. The first kappa shape index (κ1) is 20.5. The number of benzene rings is 1. The smallest absolute Gasteiger partial charge is 0.191 e. The molecule has 0 spiro atoms. The molecule has 5 nitrogen and oxygen atoms in total. The van der Waals surface area contributed by atoms with Crippen LogP contribution in [0.15, 0.2) is 35.3 Å². The van der Waals surface area contributed by atoms with Crippen molar-refractivity contribution in [2.24, 2.45) is 4.99 Å². The molecule has 0 aromatic heterocycles. The molecule has 0 radical (unpaired) electrons. The average Bonchev–Trinajstić information content (AvgIpc) is 2.62. The molecule has 0 aliphatic carbocycles. The number of aliphatic imine (C=N–C) groups is 1. The Balaban J connectivity index is 2.55. The van der Waals surface area contributed by atoms with Gasteiger partial charge in [-0.05, 0) is 32.9 Å². The van der Waals surface area contributed by atoms with E-state index >= 15 is 0 Å². The SMILES string of the molecule is CCNC(=NCC(CO)c1ccccc1)NCCN(C)C(C)CC. The van der Waals surface area contributed by atoms with Crippen molar-refractivity contribution in [1.29, 1.82) is 0 Å². The van der Waals surface area contributed by atoms with E-state index in [4.69, 9.17) is 0 Å². The Labute approximate surface area is 147 Å². The van der Waals surface area contributed by atoms with Crippen molar-refractivity contribution in [3.8, 4) is 0 Å². The van der Waals surface area contributed by atoms with E-state index in [-0.39, 0.29) is 12.5 Å². The Bertz CT molecular complexity index is 464. The molecule has 0 saturated carbocycles. The first-order valence-electron chi connectivity index (χ1n) is 9.00. The zero-order chi connectivity index (χ0) is 17.8. The molecule has 2 unspecified atom stereocenters. The number of rotatable bonds is 10. The highest BCUT2D eigenvalue weighted by Gasteiger charge is 2.10. The molecule has 136 valence electrons. The minimum Gasteiger partial charge on any atom is -0.396 e. The standard InChI is InChI=1S/C19H34N4O/c1-5-16(3)23(4)13-12-21-19(20-6-2)22-14-18(15-24)17-10-8-7-9-11-17/h7-11,16,18,24H,5-6,12-15H2,1-4H3,(H2,20,21,22). The van der Waals surface area contributed by atoms with Gasteiger partial charge in [-0.15, -0.1) is 0 Å². The van der Waals surface area contributed by atoms with Gasteiger partial charge >= 0.3 is 0 Å². The molecule has 0 fully saturated rings. The number of hydrogen-bond donors (Lipinski definition) is 3. The largest absolute Gasteiger partial charge is 0.396 e. The molecule has 0 aliphatic heterocycles. The van der Waals surface area contributed by atoms with Gasteiger partial charge in [-0.1, -0.05) is 37.3 Å². The molecule has 2 atom stereocenters. The Morgan fingerprint density at radius 3 is 2.50 bits per heavy atom. The molecule has 0 amide bonds. The lowest BCUT2D eigenvalue weighted by molar-refractivity contribution is 0.255. The number of guanidine groups is 1. The lowest BCUT2D eigenvalue weighted by Gasteiger charge is -2.24. The summed E-state index contributed by atoms with van der Waals surface area (Å²) >= 11 is 0. The molecule has 1 aromatic carbocycles. The number of hydrogen-bond acceptors (Lipinski definition) is 3. The minimum absolute atomic E-state index is 0.0319. The molecule has 0 saturated heterocycles. The van der Waals surface area contributed by atoms with E-state index in [1.165, 1.54) is 0 Å². The van der Waals surface area contributed by atoms with Gasteiger partial charge in [0.2, 0.25) is 0 Å². The van der Waals surface area contributed by atoms with Gasteiger partial charge in [0.05, 0.1) is 13.2 Å². The minimum atomic E-state index is 0.0319. The van der Waals surface area contributed by atoms with Gasteiger partial charge in [0.15, 0.2) is 5.96 Å². The summed E-state index contributed by atoms with van der Waals surface area (Å²) in [5, 5.41) is 16.3. The van der Waals surface area contributed by atoms with Gasteiger partial charge in [0.1, 0.15) is 0 Å². The molecule has 5 heteroatoms. The van der Waals surface area contributed by atoms with E-state index in [9.17, 15) is 5.11 Å².